The van der Waals surface area contributed by atoms with Gasteiger partial charge < -0.3 is 15.0 Å². The van der Waals surface area contributed by atoms with Crippen LogP contribution in [-0.2, 0) is 9.53 Å². The van der Waals surface area contributed by atoms with E-state index in [1.165, 1.54) is 11.8 Å². The predicted molar refractivity (Wildman–Crippen MR) is 129 cm³/mol. The van der Waals surface area contributed by atoms with Crippen LogP contribution in [0.1, 0.15) is 16.7 Å². The highest BCUT2D eigenvalue weighted by molar-refractivity contribution is 7.99. The first kappa shape index (κ1) is 22.6. The van der Waals surface area contributed by atoms with Crippen molar-refractivity contribution in [2.24, 2.45) is 0 Å². The van der Waals surface area contributed by atoms with E-state index < -0.39 is 0 Å². The summed E-state index contributed by atoms with van der Waals surface area (Å²) in [5, 5.41) is 13.0. The van der Waals surface area contributed by atoms with E-state index in [-0.39, 0.29) is 11.7 Å². The third-order valence-corrected chi connectivity index (χ3v) is 6.52. The fourth-order valence-corrected chi connectivity index (χ4v) is 4.84. The zero-order valence-electron chi connectivity index (χ0n) is 18.4. The molecule has 2 heterocycles. The van der Waals surface area contributed by atoms with Gasteiger partial charge in [0.2, 0.25) is 11.9 Å². The number of nitrogens with one attached hydrogen (secondary N) is 1. The minimum absolute atomic E-state index is 0.142. The quantitative estimate of drug-likeness (QED) is 0.537. The highest BCUT2D eigenvalue weighted by Crippen LogP contribution is 2.30. The van der Waals surface area contributed by atoms with Crippen molar-refractivity contribution in [1.29, 1.82) is 0 Å². The standard InChI is InChI=1S/C23H26ClN5O2S/c1-15-12-17(3)21(18(24)13-15)25-20(30)14-32-23-27-26-22(28-8-10-31-11-9-28)29(23)19-7-5-4-6-16(19)2/h4-7,12-13H,8-11,14H2,1-3H3,(H,25,30). The Hall–Kier alpha value is -2.55. The molecular formula is C23H26ClN5O2S. The lowest BCUT2D eigenvalue weighted by atomic mass is 10.1. The monoisotopic (exact) mass is 471 g/mol. The second-order valence-corrected chi connectivity index (χ2v) is 9.13. The Morgan fingerprint density at radius 3 is 2.59 bits per heavy atom. The first-order chi connectivity index (χ1) is 15.4. The third-order valence-electron chi connectivity index (χ3n) is 5.30. The van der Waals surface area contributed by atoms with Gasteiger partial charge in [-0.15, -0.1) is 10.2 Å². The van der Waals surface area contributed by atoms with E-state index in [1.807, 2.05) is 48.7 Å². The molecule has 7 nitrogen and oxygen atoms in total. The van der Waals surface area contributed by atoms with E-state index in [0.717, 1.165) is 41.4 Å². The molecule has 0 atom stereocenters. The van der Waals surface area contributed by atoms with Crippen molar-refractivity contribution in [3.8, 4) is 5.69 Å². The van der Waals surface area contributed by atoms with Crippen molar-refractivity contribution in [1.82, 2.24) is 14.8 Å². The number of anilines is 2. The van der Waals surface area contributed by atoms with Crippen LogP contribution in [0.5, 0.6) is 0 Å². The van der Waals surface area contributed by atoms with E-state index in [9.17, 15) is 4.79 Å². The van der Waals surface area contributed by atoms with Crippen molar-refractivity contribution in [2.75, 3.05) is 42.3 Å². The van der Waals surface area contributed by atoms with E-state index >= 15 is 0 Å². The van der Waals surface area contributed by atoms with Crippen LogP contribution in [0, 0.1) is 20.8 Å². The van der Waals surface area contributed by atoms with Crippen molar-refractivity contribution >= 4 is 40.9 Å². The number of ether oxygens (including phenoxy) is 1. The molecular weight excluding hydrogens is 446 g/mol. The summed E-state index contributed by atoms with van der Waals surface area (Å²) in [4.78, 5) is 14.9. The summed E-state index contributed by atoms with van der Waals surface area (Å²) in [6.45, 7) is 8.78. The number of carbonyl (C=O) groups is 1. The molecule has 0 spiro atoms. The van der Waals surface area contributed by atoms with Gasteiger partial charge in [0, 0.05) is 13.1 Å². The van der Waals surface area contributed by atoms with Gasteiger partial charge in [0.15, 0.2) is 5.16 Å². The van der Waals surface area contributed by atoms with Crippen LogP contribution in [-0.4, -0.2) is 52.7 Å². The number of nitrogens with zero attached hydrogens (tertiary/aromatic N) is 4. The van der Waals surface area contributed by atoms with Crippen LogP contribution in [0.25, 0.3) is 5.69 Å². The fourth-order valence-electron chi connectivity index (χ4n) is 3.73. The number of aromatic nitrogens is 3. The second-order valence-electron chi connectivity index (χ2n) is 7.78. The first-order valence-electron chi connectivity index (χ1n) is 10.5. The van der Waals surface area contributed by atoms with Crippen LogP contribution in [0.15, 0.2) is 41.6 Å². The molecule has 1 fully saturated rings. The van der Waals surface area contributed by atoms with Crippen LogP contribution in [0.2, 0.25) is 5.02 Å². The van der Waals surface area contributed by atoms with Gasteiger partial charge >= 0.3 is 0 Å². The molecule has 1 N–H and O–H groups in total. The molecule has 32 heavy (non-hydrogen) atoms. The number of para-hydroxylation sites is 1. The molecule has 3 aromatic rings. The Labute approximate surface area is 197 Å². The van der Waals surface area contributed by atoms with Gasteiger partial charge in [-0.3, -0.25) is 9.36 Å². The molecule has 0 saturated carbocycles. The Morgan fingerprint density at radius 1 is 1.12 bits per heavy atom. The van der Waals surface area contributed by atoms with E-state index in [1.54, 1.807) is 0 Å². The number of aryl methyl sites for hydroxylation is 3. The predicted octanol–water partition coefficient (Wildman–Crippen LogP) is 4.41. The number of benzene rings is 2. The number of hydrogen-bond acceptors (Lipinski definition) is 6. The van der Waals surface area contributed by atoms with Crippen LogP contribution in [0.3, 0.4) is 0 Å². The summed E-state index contributed by atoms with van der Waals surface area (Å²) in [6, 6.07) is 11.9. The molecule has 2 aromatic carbocycles. The minimum atomic E-state index is -0.142. The first-order valence-corrected chi connectivity index (χ1v) is 11.8. The van der Waals surface area contributed by atoms with E-state index in [4.69, 9.17) is 16.3 Å². The maximum Gasteiger partial charge on any atom is 0.234 e. The maximum absolute atomic E-state index is 12.7. The van der Waals surface area contributed by atoms with Gasteiger partial charge in [-0.25, -0.2) is 0 Å². The average molecular weight is 472 g/mol. The van der Waals surface area contributed by atoms with Crippen LogP contribution < -0.4 is 10.2 Å². The topological polar surface area (TPSA) is 72.3 Å². The van der Waals surface area contributed by atoms with Gasteiger partial charge in [-0.2, -0.15) is 0 Å². The Kier molecular flexibility index (Phi) is 7.03. The Balaban J connectivity index is 1.57. The number of morpholine rings is 1. The van der Waals surface area contributed by atoms with Crippen LogP contribution in [0.4, 0.5) is 11.6 Å². The molecule has 1 amide bonds. The summed E-state index contributed by atoms with van der Waals surface area (Å²) >= 11 is 7.70. The molecule has 1 aliphatic heterocycles. The number of halogens is 1. The maximum atomic E-state index is 12.7. The van der Waals surface area contributed by atoms with Gasteiger partial charge in [0.05, 0.1) is 35.4 Å². The molecule has 0 radical (unpaired) electrons. The van der Waals surface area contributed by atoms with E-state index in [0.29, 0.717) is 29.1 Å². The highest BCUT2D eigenvalue weighted by Gasteiger charge is 2.23. The lowest BCUT2D eigenvalue weighted by molar-refractivity contribution is -0.113. The number of carbonyl (C=O) groups excluding carboxylic acids is 1. The molecule has 0 aliphatic carbocycles. The minimum Gasteiger partial charge on any atom is -0.378 e. The van der Waals surface area contributed by atoms with Gasteiger partial charge in [-0.1, -0.05) is 47.6 Å². The molecule has 1 aliphatic rings. The molecule has 0 bridgehead atoms. The van der Waals surface area contributed by atoms with Crippen molar-refractivity contribution in [2.45, 2.75) is 25.9 Å². The van der Waals surface area contributed by atoms with Crippen molar-refractivity contribution < 1.29 is 9.53 Å². The van der Waals surface area contributed by atoms with Gasteiger partial charge in [-0.05, 0) is 49.6 Å². The van der Waals surface area contributed by atoms with E-state index in [2.05, 4.69) is 33.4 Å². The van der Waals surface area contributed by atoms with Crippen molar-refractivity contribution in [3.63, 3.8) is 0 Å². The number of rotatable bonds is 6. The molecule has 168 valence electrons. The summed E-state index contributed by atoms with van der Waals surface area (Å²) in [5.74, 6) is 0.815. The summed E-state index contributed by atoms with van der Waals surface area (Å²) in [5.41, 5.74) is 4.75. The SMILES string of the molecule is Cc1cc(C)c(NC(=O)CSc2nnc(N3CCOCC3)n2-c2ccccc2C)c(Cl)c1. The Morgan fingerprint density at radius 2 is 1.88 bits per heavy atom. The smallest absolute Gasteiger partial charge is 0.234 e. The van der Waals surface area contributed by atoms with Crippen molar-refractivity contribution in [3.05, 3.63) is 58.1 Å². The lowest BCUT2D eigenvalue weighted by Gasteiger charge is -2.28. The molecule has 9 heteroatoms. The Bertz CT molecular complexity index is 1100. The zero-order chi connectivity index (χ0) is 22.7. The summed E-state index contributed by atoms with van der Waals surface area (Å²) in [7, 11) is 0. The summed E-state index contributed by atoms with van der Waals surface area (Å²) in [6.07, 6.45) is 0. The second kappa shape index (κ2) is 9.94. The van der Waals surface area contributed by atoms with Crippen LogP contribution >= 0.6 is 23.4 Å². The number of thioether (sulfide) groups is 1. The summed E-state index contributed by atoms with van der Waals surface area (Å²) < 4.78 is 7.52. The molecule has 4 rings (SSSR count). The fraction of sp³-hybridized carbons (Fsp3) is 0.348. The average Bonchev–Trinajstić information content (AvgIpc) is 3.19. The van der Waals surface area contributed by atoms with Gasteiger partial charge in [0.25, 0.3) is 0 Å². The highest BCUT2D eigenvalue weighted by atomic mass is 35.5. The lowest BCUT2D eigenvalue weighted by Crippen LogP contribution is -2.38. The molecule has 0 unspecified atom stereocenters. The molecule has 1 saturated heterocycles. The third kappa shape index (κ3) is 4.92. The number of hydrogen-bond donors (Lipinski definition) is 1. The zero-order valence-corrected chi connectivity index (χ0v) is 20.0. The largest absolute Gasteiger partial charge is 0.378 e. The normalized spacial score (nSPS) is 13.9. The van der Waals surface area contributed by atoms with Gasteiger partial charge in [0.1, 0.15) is 0 Å². The molecule has 1 aromatic heterocycles. The number of amides is 1.